The maximum absolute atomic E-state index is 12.4. The number of hydrogen-bond acceptors (Lipinski definition) is 3. The van der Waals surface area contributed by atoms with Gasteiger partial charge < -0.3 is 9.84 Å². The van der Waals surface area contributed by atoms with E-state index < -0.39 is 11.4 Å². The molecule has 0 saturated heterocycles. The molecule has 4 heteroatoms. The number of hydrogen-bond donors (Lipinski definition) is 1. The van der Waals surface area contributed by atoms with Crippen molar-refractivity contribution >= 4 is 11.8 Å². The number of carbonyl (C=O) groups is 2. The second-order valence-electron chi connectivity index (χ2n) is 5.28. The number of carbonyl (C=O) groups excluding carboxylic acids is 1. The van der Waals surface area contributed by atoms with Crippen molar-refractivity contribution in [2.45, 2.75) is 34.6 Å². The number of rotatable bonds is 4. The van der Waals surface area contributed by atoms with Crippen LogP contribution in [0, 0.1) is 26.2 Å². The molecule has 0 aromatic heterocycles. The largest absolute Gasteiger partial charge is 0.496 e. The highest BCUT2D eigenvalue weighted by Gasteiger charge is 2.37. The predicted octanol–water partition coefficient (Wildman–Crippen LogP) is 2.91. The number of aryl methyl sites for hydroxylation is 1. The summed E-state index contributed by atoms with van der Waals surface area (Å²) in [7, 11) is 1.58. The molecule has 0 saturated carbocycles. The summed E-state index contributed by atoms with van der Waals surface area (Å²) < 4.78 is 5.30. The predicted molar refractivity (Wildman–Crippen MR) is 73.0 cm³/mol. The Labute approximate surface area is 113 Å². The van der Waals surface area contributed by atoms with Crippen molar-refractivity contribution in [2.24, 2.45) is 5.41 Å². The molecular weight excluding hydrogens is 244 g/mol. The molecule has 1 rings (SSSR count). The molecule has 0 amide bonds. The summed E-state index contributed by atoms with van der Waals surface area (Å²) in [6.07, 6.45) is 0. The van der Waals surface area contributed by atoms with Crippen LogP contribution >= 0.6 is 0 Å². The van der Waals surface area contributed by atoms with Crippen molar-refractivity contribution in [3.63, 3.8) is 0 Å². The zero-order valence-electron chi connectivity index (χ0n) is 12.2. The molecule has 0 radical (unpaired) electrons. The first-order chi connectivity index (χ1) is 8.64. The van der Waals surface area contributed by atoms with Crippen LogP contribution in [0.3, 0.4) is 0 Å². The van der Waals surface area contributed by atoms with Crippen LogP contribution in [0.25, 0.3) is 0 Å². The Hall–Kier alpha value is -1.84. The highest BCUT2D eigenvalue weighted by molar-refractivity contribution is 6.12. The van der Waals surface area contributed by atoms with Crippen LogP contribution in [-0.4, -0.2) is 24.0 Å². The minimum Gasteiger partial charge on any atom is -0.496 e. The molecule has 104 valence electrons. The van der Waals surface area contributed by atoms with Crippen LogP contribution in [0.4, 0.5) is 0 Å². The van der Waals surface area contributed by atoms with Gasteiger partial charge in [-0.2, -0.15) is 0 Å². The lowest BCUT2D eigenvalue weighted by Crippen LogP contribution is -2.33. The molecule has 0 aliphatic rings. The van der Waals surface area contributed by atoms with Gasteiger partial charge in [-0.25, -0.2) is 0 Å². The molecular formula is C15H20O4. The Bertz CT molecular complexity index is 542. The molecule has 0 aliphatic carbocycles. The van der Waals surface area contributed by atoms with Crippen molar-refractivity contribution < 1.29 is 19.4 Å². The maximum Gasteiger partial charge on any atom is 0.316 e. The minimum atomic E-state index is -1.43. The fourth-order valence-electron chi connectivity index (χ4n) is 2.04. The van der Waals surface area contributed by atoms with Crippen molar-refractivity contribution in [3.05, 3.63) is 28.3 Å². The van der Waals surface area contributed by atoms with Crippen molar-refractivity contribution in [3.8, 4) is 5.75 Å². The molecule has 0 heterocycles. The molecule has 0 aliphatic heterocycles. The van der Waals surface area contributed by atoms with Gasteiger partial charge in [0.25, 0.3) is 0 Å². The Morgan fingerprint density at radius 1 is 1.16 bits per heavy atom. The second kappa shape index (κ2) is 5.03. The van der Waals surface area contributed by atoms with Gasteiger partial charge in [0.05, 0.1) is 7.11 Å². The summed E-state index contributed by atoms with van der Waals surface area (Å²) in [5.74, 6) is -0.767. The number of ketones is 1. The van der Waals surface area contributed by atoms with Crippen molar-refractivity contribution in [2.75, 3.05) is 7.11 Å². The third kappa shape index (κ3) is 2.48. The smallest absolute Gasteiger partial charge is 0.316 e. The number of methoxy groups -OCH3 is 1. The van der Waals surface area contributed by atoms with Crippen LogP contribution in [-0.2, 0) is 4.79 Å². The highest BCUT2D eigenvalue weighted by Crippen LogP contribution is 2.32. The van der Waals surface area contributed by atoms with Gasteiger partial charge >= 0.3 is 5.97 Å². The van der Waals surface area contributed by atoms with Crippen LogP contribution in [0.2, 0.25) is 0 Å². The van der Waals surface area contributed by atoms with Crippen molar-refractivity contribution in [1.82, 2.24) is 0 Å². The first-order valence-corrected chi connectivity index (χ1v) is 6.07. The average Bonchev–Trinajstić information content (AvgIpc) is 2.33. The summed E-state index contributed by atoms with van der Waals surface area (Å²) in [6, 6.07) is 1.70. The minimum absolute atomic E-state index is 0.383. The molecule has 1 N–H and O–H groups in total. The number of carboxylic acids is 1. The monoisotopic (exact) mass is 264 g/mol. The SMILES string of the molecule is COc1c(C)cc(C(=O)C(C)(C)C(=O)O)c(C)c1C. The summed E-state index contributed by atoms with van der Waals surface area (Å²) in [5, 5.41) is 9.16. The molecule has 19 heavy (non-hydrogen) atoms. The molecule has 4 nitrogen and oxygen atoms in total. The number of ether oxygens (including phenoxy) is 1. The maximum atomic E-state index is 12.4. The Kier molecular flexibility index (Phi) is 4.03. The fourth-order valence-corrected chi connectivity index (χ4v) is 2.04. The lowest BCUT2D eigenvalue weighted by molar-refractivity contribution is -0.144. The van der Waals surface area contributed by atoms with Crippen LogP contribution in [0.5, 0.6) is 5.75 Å². The van der Waals surface area contributed by atoms with E-state index >= 15 is 0 Å². The van der Waals surface area contributed by atoms with E-state index in [1.165, 1.54) is 13.8 Å². The van der Waals surface area contributed by atoms with Gasteiger partial charge in [0.1, 0.15) is 11.2 Å². The number of carboxylic acid groups (broad SMARTS) is 1. The Balaban J connectivity index is 3.46. The van der Waals surface area contributed by atoms with E-state index in [0.29, 0.717) is 5.56 Å². The van der Waals surface area contributed by atoms with Gasteiger partial charge in [-0.1, -0.05) is 0 Å². The van der Waals surface area contributed by atoms with E-state index in [9.17, 15) is 9.59 Å². The number of aliphatic carboxylic acids is 1. The van der Waals surface area contributed by atoms with Gasteiger partial charge in [0.2, 0.25) is 0 Å². The molecule has 0 atom stereocenters. The normalized spacial score (nSPS) is 11.3. The zero-order valence-corrected chi connectivity index (χ0v) is 12.2. The average molecular weight is 264 g/mol. The third-order valence-electron chi connectivity index (χ3n) is 3.58. The van der Waals surface area contributed by atoms with Gasteiger partial charge in [-0.3, -0.25) is 9.59 Å². The fraction of sp³-hybridized carbons (Fsp3) is 0.467. The van der Waals surface area contributed by atoms with Crippen LogP contribution in [0.1, 0.15) is 40.9 Å². The molecule has 0 spiro atoms. The molecule has 0 fully saturated rings. The lowest BCUT2D eigenvalue weighted by atomic mass is 9.81. The van der Waals surface area contributed by atoms with E-state index in [0.717, 1.165) is 22.4 Å². The van der Waals surface area contributed by atoms with Crippen molar-refractivity contribution in [1.29, 1.82) is 0 Å². The second-order valence-corrected chi connectivity index (χ2v) is 5.28. The number of benzene rings is 1. The van der Waals surface area contributed by atoms with Crippen LogP contribution in [0.15, 0.2) is 6.07 Å². The number of Topliss-reactive ketones (excluding diaryl/α,β-unsaturated/α-hetero) is 1. The van der Waals surface area contributed by atoms with E-state index in [1.807, 2.05) is 20.8 Å². The first-order valence-electron chi connectivity index (χ1n) is 6.07. The van der Waals surface area contributed by atoms with Gasteiger partial charge in [0, 0.05) is 5.56 Å². The molecule has 1 aromatic carbocycles. The summed E-state index contributed by atoms with van der Waals surface area (Å²) in [4.78, 5) is 23.6. The molecule has 1 aromatic rings. The van der Waals surface area contributed by atoms with E-state index in [4.69, 9.17) is 9.84 Å². The zero-order chi connectivity index (χ0) is 15.0. The van der Waals surface area contributed by atoms with Crippen LogP contribution < -0.4 is 4.74 Å². The Morgan fingerprint density at radius 2 is 1.68 bits per heavy atom. The summed E-state index contributed by atoms with van der Waals surface area (Å²) in [5.41, 5.74) is 1.48. The Morgan fingerprint density at radius 3 is 2.11 bits per heavy atom. The first kappa shape index (κ1) is 15.2. The van der Waals surface area contributed by atoms with Gasteiger partial charge in [-0.15, -0.1) is 0 Å². The standard InChI is InChI=1S/C15H20O4/c1-8-7-11(9(2)10(3)12(8)19-6)13(16)15(4,5)14(17)18/h7H,1-6H3,(H,17,18). The summed E-state index contributed by atoms with van der Waals surface area (Å²) in [6.45, 7) is 8.36. The van der Waals surface area contributed by atoms with E-state index in [1.54, 1.807) is 13.2 Å². The van der Waals surface area contributed by atoms with Gasteiger partial charge in [-0.05, 0) is 57.4 Å². The van der Waals surface area contributed by atoms with E-state index in [-0.39, 0.29) is 5.78 Å². The topological polar surface area (TPSA) is 63.6 Å². The third-order valence-corrected chi connectivity index (χ3v) is 3.58. The molecule has 0 unspecified atom stereocenters. The highest BCUT2D eigenvalue weighted by atomic mass is 16.5. The van der Waals surface area contributed by atoms with E-state index in [2.05, 4.69) is 0 Å². The van der Waals surface area contributed by atoms with Gasteiger partial charge in [0.15, 0.2) is 5.78 Å². The lowest BCUT2D eigenvalue weighted by Gasteiger charge is -2.21. The quantitative estimate of drug-likeness (QED) is 0.671. The molecule has 0 bridgehead atoms. The summed E-state index contributed by atoms with van der Waals surface area (Å²) >= 11 is 0.